The number of esters is 1. The van der Waals surface area contributed by atoms with Gasteiger partial charge < -0.3 is 9.47 Å². The van der Waals surface area contributed by atoms with Crippen LogP contribution < -0.4 is 9.46 Å². The van der Waals surface area contributed by atoms with E-state index in [1.807, 2.05) is 0 Å². The third kappa shape index (κ3) is 3.44. The zero-order chi connectivity index (χ0) is 14.6. The van der Waals surface area contributed by atoms with Gasteiger partial charge in [-0.25, -0.2) is 8.42 Å². The first-order chi connectivity index (χ1) is 8.81. The van der Waals surface area contributed by atoms with Crippen LogP contribution in [-0.2, 0) is 19.6 Å². The average molecular weight is 274 g/mol. The quantitative estimate of drug-likeness (QED) is 0.792. The van der Waals surface area contributed by atoms with Crippen LogP contribution >= 0.6 is 0 Å². The first kappa shape index (κ1) is 12.8. The summed E-state index contributed by atoms with van der Waals surface area (Å²) in [5.41, 5.74) is 0. The van der Waals surface area contributed by atoms with E-state index in [1.165, 1.54) is 32.2 Å². The van der Waals surface area contributed by atoms with Gasteiger partial charge in [0, 0.05) is 0 Å². The number of rotatable bonds is 5. The van der Waals surface area contributed by atoms with Gasteiger partial charge in [-0.3, -0.25) is 4.79 Å². The molecule has 1 N–H and O–H groups in total. The summed E-state index contributed by atoms with van der Waals surface area (Å²) >= 11 is 0. The number of nitrogens with one attached hydrogen (secondary N) is 1. The van der Waals surface area contributed by atoms with Crippen molar-refractivity contribution < 1.29 is 24.1 Å². The van der Waals surface area contributed by atoms with Crippen molar-refractivity contribution in [3.63, 3.8) is 0 Å². The molecule has 0 spiro atoms. The van der Waals surface area contributed by atoms with Crippen LogP contribution in [0.4, 0.5) is 0 Å². The van der Waals surface area contributed by atoms with Crippen molar-refractivity contribution in [1.29, 1.82) is 0 Å². The molecule has 1 aromatic carbocycles. The van der Waals surface area contributed by atoms with Gasteiger partial charge in [-0.2, -0.15) is 4.72 Å². The molecular weight excluding hydrogens is 258 g/mol. The Hall–Kier alpha value is -1.60. The van der Waals surface area contributed by atoms with Crippen LogP contribution in [0.1, 0.15) is 8.29 Å². The molecule has 0 aliphatic carbocycles. The maximum atomic E-state index is 12.0. The molecule has 0 radical (unpaired) electrons. The Morgan fingerprint density at radius 2 is 2.06 bits per heavy atom. The molecule has 1 atom stereocenters. The van der Waals surface area contributed by atoms with Gasteiger partial charge in [0.05, 0.1) is 20.5 Å². The average Bonchev–Trinajstić information content (AvgIpc) is 2.36. The molecule has 0 amide bonds. The predicted octanol–water partition coefficient (Wildman–Crippen LogP) is 0.535. The number of carbonyl (C=O) groups excluding carboxylic acids is 1. The minimum Gasteiger partial charge on any atom is -0.497 e. The Bertz CT molecular complexity index is 572. The highest BCUT2D eigenvalue weighted by Crippen LogP contribution is 2.15. The van der Waals surface area contributed by atoms with Crippen molar-refractivity contribution in [2.75, 3.05) is 14.2 Å². The van der Waals surface area contributed by atoms with Crippen LogP contribution in [0.15, 0.2) is 29.1 Å². The fourth-order valence-corrected chi connectivity index (χ4v) is 2.36. The highest BCUT2D eigenvalue weighted by atomic mass is 32.2. The molecule has 0 fully saturated rings. The molecule has 0 aromatic heterocycles. The lowest BCUT2D eigenvalue weighted by Gasteiger charge is -2.12. The van der Waals surface area contributed by atoms with Gasteiger partial charge in [0.1, 0.15) is 11.8 Å². The summed E-state index contributed by atoms with van der Waals surface area (Å²) in [6, 6.07) is 2.70. The number of hydrogen-bond acceptors (Lipinski definition) is 5. The van der Waals surface area contributed by atoms with Gasteiger partial charge in [-0.1, -0.05) is 0 Å². The van der Waals surface area contributed by atoms with E-state index in [9.17, 15) is 13.2 Å². The molecule has 6 nitrogen and oxygen atoms in total. The van der Waals surface area contributed by atoms with E-state index in [0.717, 1.165) is 7.11 Å². The third-order valence-electron chi connectivity index (χ3n) is 2.17. The molecule has 0 heterocycles. The van der Waals surface area contributed by atoms with Crippen molar-refractivity contribution >= 4 is 16.0 Å². The second-order valence-electron chi connectivity index (χ2n) is 3.46. The van der Waals surface area contributed by atoms with E-state index in [0.29, 0.717) is 5.75 Å². The summed E-state index contributed by atoms with van der Waals surface area (Å²) in [7, 11) is -1.38. The van der Waals surface area contributed by atoms with Crippen molar-refractivity contribution in [1.82, 2.24) is 4.72 Å². The van der Waals surface area contributed by atoms with E-state index >= 15 is 0 Å². The number of ether oxygens (including phenoxy) is 2. The van der Waals surface area contributed by atoms with Gasteiger partial charge in [0.2, 0.25) is 10.0 Å². The van der Waals surface area contributed by atoms with Crippen LogP contribution in [0, 0.1) is 0 Å². The van der Waals surface area contributed by atoms with Crippen LogP contribution in [-0.4, -0.2) is 34.6 Å². The minimum absolute atomic E-state index is 0.219. The predicted molar refractivity (Wildman–Crippen MR) is 64.8 cm³/mol. The number of hydrogen-bond donors (Lipinski definition) is 1. The fourth-order valence-electron chi connectivity index (χ4n) is 1.21. The lowest BCUT2D eigenvalue weighted by molar-refractivity contribution is -0.142. The molecule has 7 heteroatoms. The van der Waals surface area contributed by atoms with Gasteiger partial charge in [0.15, 0.2) is 0 Å². The second kappa shape index (κ2) is 5.83. The van der Waals surface area contributed by atoms with E-state index in [-0.39, 0.29) is 10.9 Å². The van der Waals surface area contributed by atoms with Crippen LogP contribution in [0.25, 0.3) is 0 Å². The standard InChI is InChI=1S/C11H15NO5S/c1-8(11(13)17-3)12-18(14,15)10-6-4-9(16-2)5-7-10/h4-8,12H,1-3H3/t8-/m0/s1/i6D. The van der Waals surface area contributed by atoms with Crippen molar-refractivity contribution in [2.45, 2.75) is 17.9 Å². The zero-order valence-corrected chi connectivity index (χ0v) is 11.1. The molecule has 1 rings (SSSR count). The molecule has 0 saturated carbocycles. The summed E-state index contributed by atoms with van der Waals surface area (Å²) in [6.07, 6.45) is 0. The Morgan fingerprint density at radius 3 is 2.56 bits per heavy atom. The molecule has 0 unspecified atom stereocenters. The summed E-state index contributed by atoms with van der Waals surface area (Å²) < 4.78 is 43.1. The fraction of sp³-hybridized carbons (Fsp3) is 0.364. The molecule has 1 aromatic rings. The second-order valence-corrected chi connectivity index (χ2v) is 5.14. The highest BCUT2D eigenvalue weighted by Gasteiger charge is 2.22. The smallest absolute Gasteiger partial charge is 0.323 e. The summed E-state index contributed by atoms with van der Waals surface area (Å²) in [5, 5.41) is 0. The van der Waals surface area contributed by atoms with Gasteiger partial charge >= 0.3 is 5.97 Å². The van der Waals surface area contributed by atoms with Crippen LogP contribution in [0.5, 0.6) is 5.75 Å². The Balaban J connectivity index is 3.04. The van der Waals surface area contributed by atoms with Crippen molar-refractivity contribution in [3.05, 3.63) is 24.2 Å². The summed E-state index contributed by atoms with van der Waals surface area (Å²) in [5.74, 6) is -0.325. The zero-order valence-electron chi connectivity index (χ0n) is 11.3. The number of carbonyl (C=O) groups is 1. The third-order valence-corrected chi connectivity index (χ3v) is 3.66. The topological polar surface area (TPSA) is 81.7 Å². The summed E-state index contributed by atoms with van der Waals surface area (Å²) in [4.78, 5) is 11.0. The first-order valence-electron chi connectivity index (χ1n) is 5.56. The molecule has 100 valence electrons. The lowest BCUT2D eigenvalue weighted by Crippen LogP contribution is -2.39. The van der Waals surface area contributed by atoms with E-state index in [4.69, 9.17) is 6.11 Å². The molecular formula is C11H15NO5S. The lowest BCUT2D eigenvalue weighted by atomic mass is 10.3. The molecule has 18 heavy (non-hydrogen) atoms. The highest BCUT2D eigenvalue weighted by molar-refractivity contribution is 7.89. The normalized spacial score (nSPS) is 13.6. The maximum Gasteiger partial charge on any atom is 0.323 e. The van der Waals surface area contributed by atoms with E-state index < -0.39 is 22.0 Å². The van der Waals surface area contributed by atoms with Crippen LogP contribution in [0.2, 0.25) is 0 Å². The van der Waals surface area contributed by atoms with Gasteiger partial charge in [-0.15, -0.1) is 0 Å². The van der Waals surface area contributed by atoms with E-state index in [2.05, 4.69) is 9.46 Å². The maximum absolute atomic E-state index is 12.0. The van der Waals surface area contributed by atoms with Gasteiger partial charge in [-0.05, 0) is 31.2 Å². The Kier molecular flexibility index (Phi) is 4.16. The van der Waals surface area contributed by atoms with Gasteiger partial charge in [0.25, 0.3) is 0 Å². The Morgan fingerprint density at radius 1 is 1.39 bits per heavy atom. The van der Waals surface area contributed by atoms with Crippen molar-refractivity contribution in [2.24, 2.45) is 0 Å². The molecule has 0 aliphatic heterocycles. The number of sulfonamides is 1. The Labute approximate surface area is 107 Å². The summed E-state index contributed by atoms with van der Waals surface area (Å²) in [6.45, 7) is 1.36. The molecule has 0 bridgehead atoms. The molecule has 0 saturated heterocycles. The minimum atomic E-state index is -3.96. The van der Waals surface area contributed by atoms with Crippen molar-refractivity contribution in [3.8, 4) is 5.75 Å². The first-order valence-corrected chi connectivity index (χ1v) is 6.55. The van der Waals surface area contributed by atoms with Crippen LogP contribution in [0.3, 0.4) is 0 Å². The monoisotopic (exact) mass is 274 g/mol. The number of methoxy groups -OCH3 is 2. The molecule has 0 aliphatic rings. The van der Waals surface area contributed by atoms with E-state index in [1.54, 1.807) is 0 Å². The number of benzene rings is 1. The largest absolute Gasteiger partial charge is 0.497 e. The SMILES string of the molecule is [2H]c1cc(OC)ccc1S(=O)(=O)N[C@@H](C)C(=O)OC.